The van der Waals surface area contributed by atoms with Crippen LogP contribution < -0.4 is 10.6 Å². The molecule has 0 aliphatic carbocycles. The molecule has 1 atom stereocenters. The van der Waals surface area contributed by atoms with Gasteiger partial charge in [0.05, 0.1) is 0 Å². The number of hydrogen-bond acceptors (Lipinski definition) is 4. The molecule has 0 aromatic heterocycles. The lowest BCUT2D eigenvalue weighted by atomic mass is 9.95. The van der Waals surface area contributed by atoms with E-state index in [9.17, 15) is 17.6 Å². The summed E-state index contributed by atoms with van der Waals surface area (Å²) >= 11 is 0. The van der Waals surface area contributed by atoms with Gasteiger partial charge in [-0.3, -0.25) is 4.79 Å². The van der Waals surface area contributed by atoms with Crippen LogP contribution >= 0.6 is 0 Å². The van der Waals surface area contributed by atoms with E-state index < -0.39 is 20.5 Å². The number of nitrogens with one attached hydrogen (secondary N) is 2. The molecule has 7 heteroatoms. The first-order chi connectivity index (χ1) is 10.8. The third-order valence-electron chi connectivity index (χ3n) is 4.54. The minimum absolute atomic E-state index is 0.0297. The van der Waals surface area contributed by atoms with Crippen LogP contribution in [0.5, 0.6) is 0 Å². The second-order valence-electron chi connectivity index (χ2n) is 6.18. The van der Waals surface area contributed by atoms with Gasteiger partial charge in [0.2, 0.25) is 5.91 Å². The fourth-order valence-corrected chi connectivity index (χ4v) is 4.27. The highest BCUT2D eigenvalue weighted by Crippen LogP contribution is 2.28. The Hall–Kier alpha value is -1.47. The lowest BCUT2D eigenvalue weighted by Crippen LogP contribution is -2.57. The highest BCUT2D eigenvalue weighted by Gasteiger charge is 2.48. The molecular formula is C16H23FN2O3S. The monoisotopic (exact) mass is 342 g/mol. The van der Waals surface area contributed by atoms with E-state index in [4.69, 9.17) is 0 Å². The molecule has 2 N–H and O–H groups in total. The molecule has 0 radical (unpaired) electrons. The Kier molecular flexibility index (Phi) is 5.41. The number of benzene rings is 1. The second-order valence-corrected chi connectivity index (χ2v) is 8.50. The van der Waals surface area contributed by atoms with E-state index in [2.05, 4.69) is 10.6 Å². The zero-order valence-electron chi connectivity index (χ0n) is 13.4. The van der Waals surface area contributed by atoms with E-state index in [1.54, 1.807) is 12.1 Å². The van der Waals surface area contributed by atoms with Crippen molar-refractivity contribution < 1.29 is 17.6 Å². The van der Waals surface area contributed by atoms with Gasteiger partial charge < -0.3 is 10.6 Å². The first kappa shape index (κ1) is 17.9. The molecule has 1 aliphatic rings. The van der Waals surface area contributed by atoms with Crippen LogP contribution in [0.25, 0.3) is 0 Å². The molecule has 1 amide bonds. The van der Waals surface area contributed by atoms with Gasteiger partial charge >= 0.3 is 0 Å². The summed E-state index contributed by atoms with van der Waals surface area (Å²) < 4.78 is 35.9. The molecule has 1 fully saturated rings. The van der Waals surface area contributed by atoms with Gasteiger partial charge in [-0.05, 0) is 49.5 Å². The minimum atomic E-state index is -3.51. The molecule has 1 aromatic rings. The number of carbonyl (C=O) groups is 1. The third kappa shape index (κ3) is 3.90. The fraction of sp³-hybridized carbons (Fsp3) is 0.562. The molecule has 1 aliphatic heterocycles. The van der Waals surface area contributed by atoms with Crippen molar-refractivity contribution in [3.05, 3.63) is 35.6 Å². The van der Waals surface area contributed by atoms with Crippen molar-refractivity contribution in [3.8, 4) is 0 Å². The molecule has 0 saturated carbocycles. The van der Waals surface area contributed by atoms with E-state index in [0.29, 0.717) is 19.6 Å². The van der Waals surface area contributed by atoms with Crippen LogP contribution in [0.2, 0.25) is 0 Å². The Balaban J connectivity index is 2.06. The molecule has 128 valence electrons. The normalized spacial score (nSPS) is 19.1. The smallest absolute Gasteiger partial charge is 0.241 e. The van der Waals surface area contributed by atoms with Crippen molar-refractivity contribution in [1.82, 2.24) is 10.6 Å². The van der Waals surface area contributed by atoms with Crippen molar-refractivity contribution in [3.63, 3.8) is 0 Å². The van der Waals surface area contributed by atoms with Crippen LogP contribution in [0, 0.1) is 5.82 Å². The van der Waals surface area contributed by atoms with Gasteiger partial charge in [-0.1, -0.05) is 19.1 Å². The quantitative estimate of drug-likeness (QED) is 0.843. The van der Waals surface area contributed by atoms with E-state index in [0.717, 1.165) is 11.8 Å². The molecule has 0 bridgehead atoms. The standard InChI is InChI=1S/C16H23FN2O3S/c1-12(13-3-5-14(17)6-4-13)11-19-15(20)16(23(2,21)22)7-9-18-10-8-16/h3-6,12,18H,7-11H2,1-2H3,(H,19,20). The molecule has 0 spiro atoms. The summed E-state index contributed by atoms with van der Waals surface area (Å²) in [6, 6.07) is 6.09. The van der Waals surface area contributed by atoms with E-state index in [1.807, 2.05) is 6.92 Å². The maximum absolute atomic E-state index is 12.9. The van der Waals surface area contributed by atoms with Gasteiger partial charge in [0.1, 0.15) is 5.82 Å². The summed E-state index contributed by atoms with van der Waals surface area (Å²) in [4.78, 5) is 12.6. The molecule has 2 rings (SSSR count). The average Bonchev–Trinajstić information content (AvgIpc) is 2.52. The van der Waals surface area contributed by atoms with Crippen LogP contribution in [0.15, 0.2) is 24.3 Å². The van der Waals surface area contributed by atoms with Crippen LogP contribution in [-0.2, 0) is 14.6 Å². The SMILES string of the molecule is CC(CNC(=O)C1(S(C)(=O)=O)CCNCC1)c1ccc(F)cc1. The minimum Gasteiger partial charge on any atom is -0.354 e. The summed E-state index contributed by atoms with van der Waals surface area (Å²) in [6.07, 6.45) is 1.69. The van der Waals surface area contributed by atoms with E-state index in [-0.39, 0.29) is 24.6 Å². The Bertz CT molecular complexity index is 652. The fourth-order valence-electron chi connectivity index (χ4n) is 2.91. The number of rotatable bonds is 5. The summed E-state index contributed by atoms with van der Waals surface area (Å²) in [7, 11) is -3.51. The first-order valence-corrected chi connectivity index (χ1v) is 9.59. The van der Waals surface area contributed by atoms with Crippen molar-refractivity contribution >= 4 is 15.7 Å². The number of amides is 1. The van der Waals surface area contributed by atoms with Gasteiger partial charge in [0.25, 0.3) is 0 Å². The molecule has 1 aromatic carbocycles. The summed E-state index contributed by atoms with van der Waals surface area (Å²) in [5.41, 5.74) is 0.894. The van der Waals surface area contributed by atoms with Crippen LogP contribution in [0.3, 0.4) is 0 Å². The number of halogens is 1. The van der Waals surface area contributed by atoms with Crippen LogP contribution in [-0.4, -0.2) is 45.0 Å². The number of piperidine rings is 1. The Labute approximate surface area is 136 Å². The number of hydrogen-bond donors (Lipinski definition) is 2. The van der Waals surface area contributed by atoms with Gasteiger partial charge in [-0.25, -0.2) is 12.8 Å². The topological polar surface area (TPSA) is 75.3 Å². The van der Waals surface area contributed by atoms with Gasteiger partial charge in [-0.15, -0.1) is 0 Å². The van der Waals surface area contributed by atoms with Crippen LogP contribution in [0.1, 0.15) is 31.2 Å². The van der Waals surface area contributed by atoms with Crippen LogP contribution in [0.4, 0.5) is 4.39 Å². The predicted octanol–water partition coefficient (Wildman–Crippen LogP) is 1.21. The average molecular weight is 342 g/mol. The molecular weight excluding hydrogens is 319 g/mol. The van der Waals surface area contributed by atoms with Crippen molar-refractivity contribution in [2.75, 3.05) is 25.9 Å². The molecule has 1 heterocycles. The summed E-state index contributed by atoms with van der Waals surface area (Å²) in [5.74, 6) is -0.774. The molecule has 1 saturated heterocycles. The lowest BCUT2D eigenvalue weighted by Gasteiger charge is -2.34. The Morgan fingerprint density at radius 3 is 2.39 bits per heavy atom. The summed E-state index contributed by atoms with van der Waals surface area (Å²) in [6.45, 7) is 3.24. The first-order valence-electron chi connectivity index (χ1n) is 7.70. The second kappa shape index (κ2) is 6.97. The molecule has 23 heavy (non-hydrogen) atoms. The van der Waals surface area contributed by atoms with E-state index in [1.165, 1.54) is 12.1 Å². The summed E-state index contributed by atoms with van der Waals surface area (Å²) in [5, 5.41) is 5.86. The molecule has 5 nitrogen and oxygen atoms in total. The largest absolute Gasteiger partial charge is 0.354 e. The highest BCUT2D eigenvalue weighted by molar-refractivity contribution is 7.92. The lowest BCUT2D eigenvalue weighted by molar-refractivity contribution is -0.124. The zero-order chi connectivity index (χ0) is 17.1. The van der Waals surface area contributed by atoms with Gasteiger partial charge in [-0.2, -0.15) is 0 Å². The maximum atomic E-state index is 12.9. The Morgan fingerprint density at radius 2 is 1.87 bits per heavy atom. The van der Waals surface area contributed by atoms with Gasteiger partial charge in [0.15, 0.2) is 14.6 Å². The van der Waals surface area contributed by atoms with E-state index >= 15 is 0 Å². The van der Waals surface area contributed by atoms with Crippen molar-refractivity contribution in [2.45, 2.75) is 30.4 Å². The highest BCUT2D eigenvalue weighted by atomic mass is 32.2. The number of sulfone groups is 1. The predicted molar refractivity (Wildman–Crippen MR) is 87.5 cm³/mol. The maximum Gasteiger partial charge on any atom is 0.241 e. The Morgan fingerprint density at radius 1 is 1.30 bits per heavy atom. The van der Waals surface area contributed by atoms with Crippen molar-refractivity contribution in [2.24, 2.45) is 0 Å². The molecule has 1 unspecified atom stereocenters. The zero-order valence-corrected chi connectivity index (χ0v) is 14.2. The van der Waals surface area contributed by atoms with Gasteiger partial charge in [0, 0.05) is 12.8 Å². The third-order valence-corrected chi connectivity index (χ3v) is 6.56. The number of carbonyl (C=O) groups excluding carboxylic acids is 1. The van der Waals surface area contributed by atoms with Crippen molar-refractivity contribution in [1.29, 1.82) is 0 Å².